The third-order valence-corrected chi connectivity index (χ3v) is 2.71. The van der Waals surface area contributed by atoms with E-state index in [1.807, 2.05) is 0 Å². The molecule has 0 atom stereocenters. The van der Waals surface area contributed by atoms with Gasteiger partial charge in [-0.3, -0.25) is 9.59 Å². The van der Waals surface area contributed by atoms with Gasteiger partial charge in [-0.2, -0.15) is 0 Å². The first-order chi connectivity index (χ1) is 9.62. The summed E-state index contributed by atoms with van der Waals surface area (Å²) < 4.78 is 6.28. The van der Waals surface area contributed by atoms with Crippen molar-refractivity contribution in [1.82, 2.24) is 15.0 Å². The Labute approximate surface area is 119 Å². The first-order valence-corrected chi connectivity index (χ1v) is 5.99. The van der Waals surface area contributed by atoms with Crippen LogP contribution in [-0.4, -0.2) is 34.3 Å². The van der Waals surface area contributed by atoms with Crippen LogP contribution in [0.5, 0.6) is 5.75 Å². The van der Waals surface area contributed by atoms with Crippen molar-refractivity contribution in [3.8, 4) is 5.75 Å². The molecule has 0 saturated heterocycles. The molecule has 20 heavy (non-hydrogen) atoms. The normalized spacial score (nSPS) is 10.1. The van der Waals surface area contributed by atoms with Crippen LogP contribution in [0.3, 0.4) is 0 Å². The first-order valence-electron chi connectivity index (χ1n) is 5.61. The Kier molecular flexibility index (Phi) is 4.31. The number of carbonyl (C=O) groups excluding carboxylic acids is 2. The summed E-state index contributed by atoms with van der Waals surface area (Å²) in [5.74, 6) is 0.213. The van der Waals surface area contributed by atoms with Gasteiger partial charge in [0.2, 0.25) is 5.91 Å². The molecule has 1 aromatic carbocycles. The maximum absolute atomic E-state index is 11.8. The number of ether oxygens (including phenoxy) is 1. The number of amides is 1. The first kappa shape index (κ1) is 14.0. The molecule has 1 aromatic heterocycles. The lowest BCUT2D eigenvalue weighted by molar-refractivity contribution is -0.116. The number of nitrogens with one attached hydrogen (secondary N) is 1. The summed E-state index contributed by atoms with van der Waals surface area (Å²) in [6.45, 7) is -0.0511. The Hall–Kier alpha value is -2.41. The molecule has 2 aromatic rings. The Morgan fingerprint density at radius 1 is 1.55 bits per heavy atom. The summed E-state index contributed by atoms with van der Waals surface area (Å²) in [6.07, 6.45) is 1.94. The number of rotatable bonds is 5. The van der Waals surface area contributed by atoms with Crippen molar-refractivity contribution in [2.24, 2.45) is 0 Å². The zero-order chi connectivity index (χ0) is 14.5. The number of anilines is 1. The second-order valence-corrected chi connectivity index (χ2v) is 4.26. The highest BCUT2D eigenvalue weighted by atomic mass is 35.5. The number of hydrogen-bond donors (Lipinski definition) is 1. The van der Waals surface area contributed by atoms with Gasteiger partial charge < -0.3 is 10.1 Å². The molecule has 1 N–H and O–H groups in total. The van der Waals surface area contributed by atoms with E-state index in [0.717, 1.165) is 0 Å². The molecule has 0 fully saturated rings. The molecule has 0 bridgehead atoms. The number of nitrogens with zero attached hydrogens (tertiary/aromatic N) is 3. The monoisotopic (exact) mass is 294 g/mol. The predicted molar refractivity (Wildman–Crippen MR) is 72.0 cm³/mol. The zero-order valence-electron chi connectivity index (χ0n) is 10.5. The van der Waals surface area contributed by atoms with Crippen LogP contribution in [0.4, 0.5) is 5.69 Å². The minimum Gasteiger partial charge on any atom is -0.495 e. The van der Waals surface area contributed by atoms with Gasteiger partial charge in [0, 0.05) is 5.69 Å². The molecule has 7 nitrogen and oxygen atoms in total. The fourth-order valence-electron chi connectivity index (χ4n) is 1.54. The van der Waals surface area contributed by atoms with E-state index in [9.17, 15) is 9.59 Å². The fraction of sp³-hybridized carbons (Fsp3) is 0.167. The molecule has 104 valence electrons. The molecule has 0 radical (unpaired) electrons. The number of methoxy groups -OCH3 is 1. The minimum absolute atomic E-state index is 0.0511. The predicted octanol–water partition coefficient (Wildman–Crippen LogP) is 1.39. The van der Waals surface area contributed by atoms with Crippen LogP contribution in [0.1, 0.15) is 10.5 Å². The van der Waals surface area contributed by atoms with Gasteiger partial charge in [-0.1, -0.05) is 16.8 Å². The average molecular weight is 295 g/mol. The van der Waals surface area contributed by atoms with E-state index in [1.165, 1.54) is 18.0 Å². The lowest BCUT2D eigenvalue weighted by atomic mass is 10.3. The molecule has 0 aliphatic rings. The van der Waals surface area contributed by atoms with E-state index in [2.05, 4.69) is 15.6 Å². The highest BCUT2D eigenvalue weighted by Gasteiger charge is 2.08. The summed E-state index contributed by atoms with van der Waals surface area (Å²) in [4.78, 5) is 22.2. The van der Waals surface area contributed by atoms with Crippen LogP contribution in [-0.2, 0) is 11.3 Å². The van der Waals surface area contributed by atoms with Gasteiger partial charge in [0.05, 0.1) is 18.3 Å². The Bertz CT molecular complexity index is 641. The smallest absolute Gasteiger partial charge is 0.246 e. The molecule has 1 amide bonds. The second kappa shape index (κ2) is 6.16. The Balaban J connectivity index is 2.00. The Morgan fingerprint density at radius 3 is 2.95 bits per heavy atom. The SMILES string of the molecule is COc1ccc(NC(=O)Cn2cc(C=O)nn2)cc1Cl. The zero-order valence-corrected chi connectivity index (χ0v) is 11.3. The van der Waals surface area contributed by atoms with Gasteiger partial charge in [0.25, 0.3) is 0 Å². The molecule has 0 aliphatic heterocycles. The standard InChI is InChI=1S/C12H11ClN4O3/c1-20-11-3-2-8(4-10(11)13)14-12(19)6-17-5-9(7-18)15-16-17/h2-5,7H,6H2,1H3,(H,14,19). The lowest BCUT2D eigenvalue weighted by Crippen LogP contribution is -2.19. The maximum atomic E-state index is 11.8. The van der Waals surface area contributed by atoms with Crippen LogP contribution in [0.2, 0.25) is 5.02 Å². The van der Waals surface area contributed by atoms with E-state index >= 15 is 0 Å². The largest absolute Gasteiger partial charge is 0.495 e. The molecule has 8 heteroatoms. The number of halogens is 1. The van der Waals surface area contributed by atoms with Crippen molar-refractivity contribution in [3.05, 3.63) is 35.1 Å². The van der Waals surface area contributed by atoms with Gasteiger partial charge in [-0.05, 0) is 18.2 Å². The summed E-state index contributed by atoms with van der Waals surface area (Å²) in [6, 6.07) is 4.90. The quantitative estimate of drug-likeness (QED) is 0.842. The summed E-state index contributed by atoms with van der Waals surface area (Å²) in [5.41, 5.74) is 0.710. The van der Waals surface area contributed by atoms with Crippen LogP contribution >= 0.6 is 11.6 Å². The van der Waals surface area contributed by atoms with E-state index in [0.29, 0.717) is 22.7 Å². The van der Waals surface area contributed by atoms with Gasteiger partial charge in [-0.25, -0.2) is 4.68 Å². The molecule has 2 rings (SSSR count). The molecule has 0 unspecified atom stereocenters. The third kappa shape index (κ3) is 3.33. The van der Waals surface area contributed by atoms with Gasteiger partial charge >= 0.3 is 0 Å². The van der Waals surface area contributed by atoms with Crippen molar-refractivity contribution >= 4 is 29.5 Å². The van der Waals surface area contributed by atoms with Crippen molar-refractivity contribution in [1.29, 1.82) is 0 Å². The third-order valence-electron chi connectivity index (χ3n) is 2.42. The number of benzene rings is 1. The lowest BCUT2D eigenvalue weighted by Gasteiger charge is -2.07. The van der Waals surface area contributed by atoms with E-state index < -0.39 is 0 Å². The van der Waals surface area contributed by atoms with Crippen molar-refractivity contribution in [2.75, 3.05) is 12.4 Å². The fourth-order valence-corrected chi connectivity index (χ4v) is 1.79. The van der Waals surface area contributed by atoms with Crippen molar-refractivity contribution < 1.29 is 14.3 Å². The van der Waals surface area contributed by atoms with Gasteiger partial charge in [-0.15, -0.1) is 5.10 Å². The van der Waals surface area contributed by atoms with Crippen molar-refractivity contribution in [2.45, 2.75) is 6.54 Å². The van der Waals surface area contributed by atoms with Crippen LogP contribution < -0.4 is 10.1 Å². The van der Waals surface area contributed by atoms with Crippen LogP contribution in [0.25, 0.3) is 0 Å². The van der Waals surface area contributed by atoms with E-state index in [-0.39, 0.29) is 18.1 Å². The maximum Gasteiger partial charge on any atom is 0.246 e. The summed E-state index contributed by atoms with van der Waals surface area (Å²) in [5, 5.41) is 10.3. The topological polar surface area (TPSA) is 86.1 Å². The van der Waals surface area contributed by atoms with E-state index in [4.69, 9.17) is 16.3 Å². The molecule has 1 heterocycles. The molecular formula is C12H11ClN4O3. The number of aromatic nitrogens is 3. The molecule has 0 spiro atoms. The van der Waals surface area contributed by atoms with Crippen molar-refractivity contribution in [3.63, 3.8) is 0 Å². The molecular weight excluding hydrogens is 284 g/mol. The van der Waals surface area contributed by atoms with Gasteiger partial charge in [0.15, 0.2) is 6.29 Å². The van der Waals surface area contributed by atoms with Crippen LogP contribution in [0.15, 0.2) is 24.4 Å². The Morgan fingerprint density at radius 2 is 2.35 bits per heavy atom. The number of hydrogen-bond acceptors (Lipinski definition) is 5. The van der Waals surface area contributed by atoms with E-state index in [1.54, 1.807) is 18.2 Å². The minimum atomic E-state index is -0.311. The highest BCUT2D eigenvalue weighted by Crippen LogP contribution is 2.27. The summed E-state index contributed by atoms with van der Waals surface area (Å²) >= 11 is 5.95. The number of aldehydes is 1. The average Bonchev–Trinajstić information content (AvgIpc) is 2.86. The molecule has 0 saturated carbocycles. The highest BCUT2D eigenvalue weighted by molar-refractivity contribution is 6.32. The molecule has 0 aliphatic carbocycles. The second-order valence-electron chi connectivity index (χ2n) is 3.86. The van der Waals surface area contributed by atoms with Gasteiger partial charge in [0.1, 0.15) is 18.0 Å². The number of carbonyl (C=O) groups is 2. The summed E-state index contributed by atoms with van der Waals surface area (Å²) in [7, 11) is 1.51. The van der Waals surface area contributed by atoms with Crippen LogP contribution in [0, 0.1) is 0 Å².